The average Bonchev–Trinajstić information content (AvgIpc) is 3.07. The van der Waals surface area contributed by atoms with Crippen LogP contribution in [0, 0.1) is 4.77 Å². The maximum Gasteiger partial charge on any atom is 0.177 e. The molecule has 1 N–H and O–H groups in total. The maximum absolute atomic E-state index is 5.36. The van der Waals surface area contributed by atoms with Crippen molar-refractivity contribution >= 4 is 12.2 Å². The number of nitrogens with zero attached hydrogens (tertiary/aromatic N) is 1. The van der Waals surface area contributed by atoms with Gasteiger partial charge in [0.1, 0.15) is 5.76 Å². The summed E-state index contributed by atoms with van der Waals surface area (Å²) in [6, 6.07) is 14.1. The third-order valence-electron chi connectivity index (χ3n) is 3.10. The van der Waals surface area contributed by atoms with E-state index in [2.05, 4.69) is 21.7 Å². The Balaban J connectivity index is 1.89. The Bertz CT molecular complexity index is 695. The number of H-pyrrole nitrogens is 1. The highest BCUT2D eigenvalue weighted by molar-refractivity contribution is 7.71. The molecule has 0 aliphatic rings. The molecule has 2 heterocycles. The van der Waals surface area contributed by atoms with Crippen molar-refractivity contribution < 1.29 is 4.42 Å². The molecule has 3 rings (SSSR count). The Labute approximate surface area is 116 Å². The number of aromatic amines is 1. The number of rotatable bonds is 4. The maximum atomic E-state index is 5.36. The normalized spacial score (nSPS) is 10.7. The van der Waals surface area contributed by atoms with Gasteiger partial charge in [-0.3, -0.25) is 0 Å². The predicted molar refractivity (Wildman–Crippen MR) is 77.5 cm³/mol. The molecule has 0 spiro atoms. The first-order valence-electron chi connectivity index (χ1n) is 6.20. The van der Waals surface area contributed by atoms with Crippen LogP contribution in [-0.4, -0.2) is 9.55 Å². The lowest BCUT2D eigenvalue weighted by molar-refractivity contribution is 0.491. The SMILES string of the molecule is S=c1[nH]cc(-c2ccccc2)n1CCc1ccco1. The largest absolute Gasteiger partial charge is 0.469 e. The fraction of sp³-hybridized carbons (Fsp3) is 0.133. The summed E-state index contributed by atoms with van der Waals surface area (Å²) in [5.41, 5.74) is 2.27. The lowest BCUT2D eigenvalue weighted by Gasteiger charge is -2.07. The van der Waals surface area contributed by atoms with Crippen LogP contribution in [0.5, 0.6) is 0 Å². The summed E-state index contributed by atoms with van der Waals surface area (Å²) in [7, 11) is 0. The van der Waals surface area contributed by atoms with Crippen LogP contribution in [0.15, 0.2) is 59.3 Å². The summed E-state index contributed by atoms with van der Waals surface area (Å²) in [4.78, 5) is 3.11. The van der Waals surface area contributed by atoms with Crippen molar-refractivity contribution in [2.75, 3.05) is 0 Å². The number of aryl methyl sites for hydroxylation is 1. The summed E-state index contributed by atoms with van der Waals surface area (Å²) in [5, 5.41) is 0. The topological polar surface area (TPSA) is 33.9 Å². The van der Waals surface area contributed by atoms with Crippen LogP contribution in [0.4, 0.5) is 0 Å². The number of imidazole rings is 1. The molecule has 0 saturated carbocycles. The van der Waals surface area contributed by atoms with E-state index in [0.717, 1.165) is 34.8 Å². The van der Waals surface area contributed by atoms with Gasteiger partial charge in [-0.1, -0.05) is 30.3 Å². The molecule has 4 heteroatoms. The smallest absolute Gasteiger partial charge is 0.177 e. The summed E-state index contributed by atoms with van der Waals surface area (Å²) < 4.78 is 8.21. The number of hydrogen-bond acceptors (Lipinski definition) is 2. The summed E-state index contributed by atoms with van der Waals surface area (Å²) in [5.74, 6) is 0.974. The van der Waals surface area contributed by atoms with E-state index < -0.39 is 0 Å². The van der Waals surface area contributed by atoms with Gasteiger partial charge in [-0.2, -0.15) is 0 Å². The average molecular weight is 270 g/mol. The minimum atomic E-state index is 0.741. The molecule has 3 aromatic rings. The Morgan fingerprint density at radius 3 is 2.68 bits per heavy atom. The number of furan rings is 1. The van der Waals surface area contributed by atoms with Gasteiger partial charge in [0.15, 0.2) is 4.77 Å². The quantitative estimate of drug-likeness (QED) is 0.726. The van der Waals surface area contributed by atoms with E-state index in [1.807, 2.05) is 36.5 Å². The van der Waals surface area contributed by atoms with Crippen LogP contribution in [-0.2, 0) is 13.0 Å². The number of nitrogens with one attached hydrogen (secondary N) is 1. The monoisotopic (exact) mass is 270 g/mol. The van der Waals surface area contributed by atoms with Crippen molar-refractivity contribution in [2.24, 2.45) is 0 Å². The molecule has 0 aliphatic carbocycles. The molecule has 19 heavy (non-hydrogen) atoms. The molecule has 3 nitrogen and oxygen atoms in total. The Hall–Kier alpha value is -2.07. The van der Waals surface area contributed by atoms with Crippen molar-refractivity contribution in [3.63, 3.8) is 0 Å². The van der Waals surface area contributed by atoms with E-state index in [1.165, 1.54) is 0 Å². The molecule has 1 aromatic carbocycles. The van der Waals surface area contributed by atoms with Crippen LogP contribution >= 0.6 is 12.2 Å². The van der Waals surface area contributed by atoms with E-state index >= 15 is 0 Å². The molecule has 0 saturated heterocycles. The second kappa shape index (κ2) is 5.28. The van der Waals surface area contributed by atoms with Crippen LogP contribution in [0.2, 0.25) is 0 Å². The van der Waals surface area contributed by atoms with Crippen LogP contribution in [0.3, 0.4) is 0 Å². The van der Waals surface area contributed by atoms with E-state index in [4.69, 9.17) is 16.6 Å². The molecular weight excluding hydrogens is 256 g/mol. The van der Waals surface area contributed by atoms with Gasteiger partial charge in [-0.05, 0) is 29.9 Å². The Morgan fingerprint density at radius 2 is 1.95 bits per heavy atom. The molecular formula is C15H14N2OS. The Kier molecular flexibility index (Phi) is 3.33. The number of hydrogen-bond donors (Lipinski definition) is 1. The predicted octanol–water partition coefficient (Wildman–Crippen LogP) is 4.05. The van der Waals surface area contributed by atoms with Gasteiger partial charge in [0.05, 0.1) is 12.0 Å². The van der Waals surface area contributed by atoms with E-state index in [1.54, 1.807) is 6.26 Å². The molecule has 0 amide bonds. The van der Waals surface area contributed by atoms with Crippen molar-refractivity contribution in [2.45, 2.75) is 13.0 Å². The van der Waals surface area contributed by atoms with Gasteiger partial charge in [-0.25, -0.2) is 0 Å². The summed E-state index contributed by atoms with van der Waals surface area (Å²) in [6.45, 7) is 0.806. The van der Waals surface area contributed by atoms with Crippen LogP contribution in [0.25, 0.3) is 11.3 Å². The van der Waals surface area contributed by atoms with E-state index in [0.29, 0.717) is 0 Å². The fourth-order valence-electron chi connectivity index (χ4n) is 2.14. The molecule has 0 unspecified atom stereocenters. The highest BCUT2D eigenvalue weighted by Gasteiger charge is 2.07. The summed E-state index contributed by atoms with van der Waals surface area (Å²) in [6.07, 6.45) is 4.49. The molecule has 0 radical (unpaired) electrons. The third-order valence-corrected chi connectivity index (χ3v) is 3.44. The third kappa shape index (κ3) is 2.53. The van der Waals surface area contributed by atoms with E-state index in [9.17, 15) is 0 Å². The van der Waals surface area contributed by atoms with Crippen molar-refractivity contribution in [3.05, 3.63) is 65.5 Å². The van der Waals surface area contributed by atoms with Gasteiger partial charge in [0.2, 0.25) is 0 Å². The molecule has 0 fully saturated rings. The van der Waals surface area contributed by atoms with Crippen molar-refractivity contribution in [1.29, 1.82) is 0 Å². The zero-order valence-corrected chi connectivity index (χ0v) is 11.2. The van der Waals surface area contributed by atoms with Gasteiger partial charge in [0.25, 0.3) is 0 Å². The molecule has 2 aromatic heterocycles. The van der Waals surface area contributed by atoms with Gasteiger partial charge in [-0.15, -0.1) is 0 Å². The highest BCUT2D eigenvalue weighted by atomic mass is 32.1. The number of benzene rings is 1. The van der Waals surface area contributed by atoms with Gasteiger partial charge >= 0.3 is 0 Å². The first-order chi connectivity index (χ1) is 9.34. The second-order valence-corrected chi connectivity index (χ2v) is 4.71. The van der Waals surface area contributed by atoms with Gasteiger partial charge in [0, 0.05) is 19.2 Å². The minimum absolute atomic E-state index is 0.741. The highest BCUT2D eigenvalue weighted by Crippen LogP contribution is 2.19. The van der Waals surface area contributed by atoms with Gasteiger partial charge < -0.3 is 14.0 Å². The minimum Gasteiger partial charge on any atom is -0.469 e. The second-order valence-electron chi connectivity index (χ2n) is 4.33. The van der Waals surface area contributed by atoms with Crippen molar-refractivity contribution in [1.82, 2.24) is 9.55 Å². The standard InChI is InChI=1S/C15H14N2OS/c19-15-16-11-14(12-5-2-1-3-6-12)17(15)9-8-13-7-4-10-18-13/h1-7,10-11H,8-9H2,(H,16,19). The van der Waals surface area contributed by atoms with Crippen LogP contribution < -0.4 is 0 Å². The first kappa shape index (κ1) is 12.0. The number of aromatic nitrogens is 2. The zero-order valence-electron chi connectivity index (χ0n) is 10.4. The Morgan fingerprint density at radius 1 is 1.11 bits per heavy atom. The zero-order chi connectivity index (χ0) is 13.1. The molecule has 0 aliphatic heterocycles. The fourth-order valence-corrected chi connectivity index (χ4v) is 2.39. The first-order valence-corrected chi connectivity index (χ1v) is 6.61. The lowest BCUT2D eigenvalue weighted by Crippen LogP contribution is -2.02. The van der Waals surface area contributed by atoms with Crippen molar-refractivity contribution in [3.8, 4) is 11.3 Å². The van der Waals surface area contributed by atoms with E-state index in [-0.39, 0.29) is 0 Å². The molecule has 96 valence electrons. The molecule has 0 bridgehead atoms. The summed E-state index contributed by atoms with van der Waals surface area (Å²) >= 11 is 5.34. The van der Waals surface area contributed by atoms with Crippen LogP contribution in [0.1, 0.15) is 5.76 Å². The lowest BCUT2D eigenvalue weighted by atomic mass is 10.1. The molecule has 0 atom stereocenters.